The number of piperidine rings is 1. The Kier molecular flexibility index (Phi) is 4.81. The molecule has 0 bridgehead atoms. The molecule has 0 spiro atoms. The fourth-order valence-corrected chi connectivity index (χ4v) is 3.11. The second-order valence-corrected chi connectivity index (χ2v) is 5.68. The van der Waals surface area contributed by atoms with E-state index in [2.05, 4.69) is 11.8 Å². The Balaban J connectivity index is 2.35. The van der Waals surface area contributed by atoms with E-state index in [0.717, 1.165) is 37.1 Å². The molecule has 2 atom stereocenters. The van der Waals surface area contributed by atoms with E-state index in [4.69, 9.17) is 5.73 Å². The van der Waals surface area contributed by atoms with Crippen LogP contribution < -0.4 is 10.6 Å². The van der Waals surface area contributed by atoms with Gasteiger partial charge in [-0.3, -0.25) is 0 Å². The van der Waals surface area contributed by atoms with E-state index in [1.165, 1.54) is 12.8 Å². The molecular formula is C16H25FN2. The molecule has 1 aliphatic heterocycles. The summed E-state index contributed by atoms with van der Waals surface area (Å²) in [4.78, 5) is 2.27. The molecule has 0 aromatic heterocycles. The number of para-hydroxylation sites is 1. The molecule has 1 aromatic carbocycles. The Morgan fingerprint density at radius 1 is 1.42 bits per heavy atom. The summed E-state index contributed by atoms with van der Waals surface area (Å²) in [7, 11) is 0. The van der Waals surface area contributed by atoms with E-state index in [-0.39, 0.29) is 11.9 Å². The molecule has 1 aromatic rings. The minimum absolute atomic E-state index is 0.0606. The van der Waals surface area contributed by atoms with E-state index in [9.17, 15) is 4.39 Å². The number of halogens is 1. The SMILES string of the molecule is CCC1CCCCN1c1c(F)cccc1CC(C)N. The molecule has 3 heteroatoms. The highest BCUT2D eigenvalue weighted by Crippen LogP contribution is 2.32. The summed E-state index contributed by atoms with van der Waals surface area (Å²) < 4.78 is 14.3. The van der Waals surface area contributed by atoms with Crippen molar-refractivity contribution in [3.63, 3.8) is 0 Å². The van der Waals surface area contributed by atoms with E-state index in [1.807, 2.05) is 13.0 Å². The lowest BCUT2D eigenvalue weighted by Crippen LogP contribution is -2.40. The first-order valence-electron chi connectivity index (χ1n) is 7.43. The lowest BCUT2D eigenvalue weighted by molar-refractivity contribution is 0.441. The van der Waals surface area contributed by atoms with Gasteiger partial charge < -0.3 is 10.6 Å². The summed E-state index contributed by atoms with van der Waals surface area (Å²) in [5, 5.41) is 0. The van der Waals surface area contributed by atoms with Crippen LogP contribution in [0.15, 0.2) is 18.2 Å². The molecule has 2 unspecified atom stereocenters. The normalized spacial score (nSPS) is 21.5. The lowest BCUT2D eigenvalue weighted by atomic mass is 9.96. The number of hydrogen-bond acceptors (Lipinski definition) is 2. The molecule has 2 N–H and O–H groups in total. The highest BCUT2D eigenvalue weighted by atomic mass is 19.1. The van der Waals surface area contributed by atoms with Gasteiger partial charge >= 0.3 is 0 Å². The zero-order valence-electron chi connectivity index (χ0n) is 12.0. The monoisotopic (exact) mass is 264 g/mol. The van der Waals surface area contributed by atoms with E-state index in [0.29, 0.717) is 6.04 Å². The van der Waals surface area contributed by atoms with Crippen molar-refractivity contribution < 1.29 is 4.39 Å². The minimum atomic E-state index is -0.0986. The van der Waals surface area contributed by atoms with Gasteiger partial charge in [0.2, 0.25) is 0 Å². The van der Waals surface area contributed by atoms with Crippen molar-refractivity contribution in [1.29, 1.82) is 0 Å². The molecule has 0 saturated carbocycles. The number of rotatable bonds is 4. The Morgan fingerprint density at radius 3 is 2.89 bits per heavy atom. The smallest absolute Gasteiger partial charge is 0.146 e. The Hall–Kier alpha value is -1.09. The maximum absolute atomic E-state index is 14.3. The third-order valence-corrected chi connectivity index (χ3v) is 4.00. The van der Waals surface area contributed by atoms with Gasteiger partial charge in [0.05, 0.1) is 5.69 Å². The molecule has 0 radical (unpaired) electrons. The largest absolute Gasteiger partial charge is 0.366 e. The average molecular weight is 264 g/mol. The summed E-state index contributed by atoms with van der Waals surface area (Å²) in [6.07, 6.45) is 5.39. The minimum Gasteiger partial charge on any atom is -0.366 e. The highest BCUT2D eigenvalue weighted by molar-refractivity contribution is 5.56. The first-order valence-corrected chi connectivity index (χ1v) is 7.43. The second-order valence-electron chi connectivity index (χ2n) is 5.68. The van der Waals surface area contributed by atoms with Crippen molar-refractivity contribution in [2.24, 2.45) is 5.73 Å². The van der Waals surface area contributed by atoms with Gasteiger partial charge in [0.25, 0.3) is 0 Å². The zero-order valence-corrected chi connectivity index (χ0v) is 12.0. The zero-order chi connectivity index (χ0) is 13.8. The standard InChI is InChI=1S/C16H25FN2/c1-3-14-8-4-5-10-19(14)16-13(11-12(2)18)7-6-9-15(16)17/h6-7,9,12,14H,3-5,8,10-11,18H2,1-2H3. The molecule has 0 amide bonds. The number of nitrogens with zero attached hydrogens (tertiary/aromatic N) is 1. The van der Waals surface area contributed by atoms with Gasteiger partial charge in [-0.1, -0.05) is 19.1 Å². The van der Waals surface area contributed by atoms with Crippen LogP contribution in [-0.4, -0.2) is 18.6 Å². The molecule has 1 fully saturated rings. The van der Waals surface area contributed by atoms with Crippen molar-refractivity contribution >= 4 is 5.69 Å². The summed E-state index contributed by atoms with van der Waals surface area (Å²) in [5.41, 5.74) is 7.75. The molecule has 0 aliphatic carbocycles. The van der Waals surface area contributed by atoms with E-state index < -0.39 is 0 Å². The van der Waals surface area contributed by atoms with Crippen LogP contribution in [-0.2, 0) is 6.42 Å². The van der Waals surface area contributed by atoms with Crippen LogP contribution in [0, 0.1) is 5.82 Å². The van der Waals surface area contributed by atoms with Crippen molar-refractivity contribution in [2.75, 3.05) is 11.4 Å². The summed E-state index contributed by atoms with van der Waals surface area (Å²) in [5.74, 6) is -0.0986. The molecule has 2 rings (SSSR count). The predicted octanol–water partition coefficient (Wildman–Crippen LogP) is 3.48. The average Bonchev–Trinajstić information content (AvgIpc) is 2.38. The van der Waals surface area contributed by atoms with Crippen LogP contribution in [0.3, 0.4) is 0 Å². The molecule has 1 heterocycles. The third-order valence-electron chi connectivity index (χ3n) is 4.00. The van der Waals surface area contributed by atoms with Crippen LogP contribution >= 0.6 is 0 Å². The lowest BCUT2D eigenvalue weighted by Gasteiger charge is -2.38. The van der Waals surface area contributed by atoms with Crippen molar-refractivity contribution in [3.05, 3.63) is 29.6 Å². The quantitative estimate of drug-likeness (QED) is 0.902. The summed E-state index contributed by atoms with van der Waals surface area (Å²) in [6.45, 7) is 5.13. The fourth-order valence-electron chi connectivity index (χ4n) is 3.11. The number of anilines is 1. The highest BCUT2D eigenvalue weighted by Gasteiger charge is 2.25. The van der Waals surface area contributed by atoms with Gasteiger partial charge in [0.15, 0.2) is 0 Å². The maximum Gasteiger partial charge on any atom is 0.146 e. The van der Waals surface area contributed by atoms with E-state index in [1.54, 1.807) is 12.1 Å². The number of hydrogen-bond donors (Lipinski definition) is 1. The molecule has 1 aliphatic rings. The van der Waals surface area contributed by atoms with Crippen LogP contribution in [0.4, 0.5) is 10.1 Å². The molecule has 2 nitrogen and oxygen atoms in total. The maximum atomic E-state index is 14.3. The fraction of sp³-hybridized carbons (Fsp3) is 0.625. The Bertz CT molecular complexity index is 417. The molecule has 19 heavy (non-hydrogen) atoms. The van der Waals surface area contributed by atoms with Gasteiger partial charge in [-0.15, -0.1) is 0 Å². The second kappa shape index (κ2) is 6.38. The first-order chi connectivity index (χ1) is 9.13. The van der Waals surface area contributed by atoms with Crippen LogP contribution in [0.1, 0.15) is 45.1 Å². The van der Waals surface area contributed by atoms with Crippen molar-refractivity contribution in [1.82, 2.24) is 0 Å². The number of nitrogens with two attached hydrogens (primary N) is 1. The van der Waals surface area contributed by atoms with Gasteiger partial charge in [-0.2, -0.15) is 0 Å². The molecule has 106 valence electrons. The van der Waals surface area contributed by atoms with Crippen molar-refractivity contribution in [2.45, 2.75) is 58.0 Å². The molecule has 1 saturated heterocycles. The summed E-state index contributed by atoms with van der Waals surface area (Å²) in [6, 6.07) is 5.91. The van der Waals surface area contributed by atoms with E-state index >= 15 is 0 Å². The van der Waals surface area contributed by atoms with Gasteiger partial charge in [-0.25, -0.2) is 4.39 Å². The van der Waals surface area contributed by atoms with Crippen molar-refractivity contribution in [3.8, 4) is 0 Å². The Morgan fingerprint density at radius 2 is 2.21 bits per heavy atom. The van der Waals surface area contributed by atoms with Gasteiger partial charge in [-0.05, 0) is 50.7 Å². The third kappa shape index (κ3) is 3.27. The first kappa shape index (κ1) is 14.3. The predicted molar refractivity (Wildman–Crippen MR) is 79.0 cm³/mol. The van der Waals surface area contributed by atoms with Gasteiger partial charge in [0, 0.05) is 18.6 Å². The number of benzene rings is 1. The van der Waals surface area contributed by atoms with Crippen LogP contribution in [0.5, 0.6) is 0 Å². The molecular weight excluding hydrogens is 239 g/mol. The topological polar surface area (TPSA) is 29.3 Å². The van der Waals surface area contributed by atoms with Crippen LogP contribution in [0.2, 0.25) is 0 Å². The Labute approximate surface area is 115 Å². The summed E-state index contributed by atoms with van der Waals surface area (Å²) >= 11 is 0. The van der Waals surface area contributed by atoms with Crippen LogP contribution in [0.25, 0.3) is 0 Å². The van der Waals surface area contributed by atoms with Gasteiger partial charge in [0.1, 0.15) is 5.82 Å².